The topological polar surface area (TPSA) is 75.7 Å². The normalized spacial score (nSPS) is 15.5. The molecule has 1 heterocycles. The molecule has 1 fully saturated rings. The fourth-order valence-electron chi connectivity index (χ4n) is 3.91. The Labute approximate surface area is 185 Å². The highest BCUT2D eigenvalue weighted by Gasteiger charge is 2.31. The first-order valence-corrected chi connectivity index (χ1v) is 12.6. The summed E-state index contributed by atoms with van der Waals surface area (Å²) >= 11 is 0. The number of carbonyl (C=O) groups is 1. The highest BCUT2D eigenvalue weighted by molar-refractivity contribution is 7.88. The zero-order chi connectivity index (χ0) is 22.1. The van der Waals surface area contributed by atoms with Gasteiger partial charge in [0.05, 0.1) is 12.4 Å². The maximum absolute atomic E-state index is 12.7. The highest BCUT2D eigenvalue weighted by Crippen LogP contribution is 2.22. The Balaban J connectivity index is 1.40. The number of hydrogen-bond acceptors (Lipinski definition) is 4. The van der Waals surface area contributed by atoms with Gasteiger partial charge in [0.25, 0.3) is 0 Å². The van der Waals surface area contributed by atoms with E-state index in [0.717, 1.165) is 29.7 Å². The number of rotatable bonds is 10. The molecule has 3 rings (SSSR count). The minimum atomic E-state index is -3.36. The van der Waals surface area contributed by atoms with Crippen molar-refractivity contribution in [2.45, 2.75) is 38.4 Å². The third-order valence-corrected chi connectivity index (χ3v) is 7.45. The lowest BCUT2D eigenvalue weighted by Gasteiger charge is -2.30. The van der Waals surface area contributed by atoms with Crippen LogP contribution < -0.4 is 10.1 Å². The maximum Gasteiger partial charge on any atom is 0.223 e. The molecule has 1 amide bonds. The summed E-state index contributed by atoms with van der Waals surface area (Å²) in [5.41, 5.74) is 1.93. The van der Waals surface area contributed by atoms with E-state index in [-0.39, 0.29) is 17.6 Å². The lowest BCUT2D eigenvalue weighted by Crippen LogP contribution is -2.43. The van der Waals surface area contributed by atoms with Crippen molar-refractivity contribution < 1.29 is 17.9 Å². The molecule has 1 saturated heterocycles. The number of benzene rings is 2. The Kier molecular flexibility index (Phi) is 8.49. The lowest BCUT2D eigenvalue weighted by atomic mass is 9.97. The van der Waals surface area contributed by atoms with Gasteiger partial charge in [-0.3, -0.25) is 4.79 Å². The van der Waals surface area contributed by atoms with Gasteiger partial charge < -0.3 is 10.1 Å². The molecule has 1 aliphatic heterocycles. The summed E-state index contributed by atoms with van der Waals surface area (Å²) < 4.78 is 32.5. The van der Waals surface area contributed by atoms with Gasteiger partial charge >= 0.3 is 0 Å². The summed E-state index contributed by atoms with van der Waals surface area (Å²) in [6.07, 6.45) is 2.80. The van der Waals surface area contributed by atoms with Crippen molar-refractivity contribution >= 4 is 15.9 Å². The summed E-state index contributed by atoms with van der Waals surface area (Å²) in [7, 11) is -3.36. The molecule has 168 valence electrons. The Morgan fingerprint density at radius 2 is 1.74 bits per heavy atom. The second-order valence-electron chi connectivity index (χ2n) is 7.85. The number of nitrogens with zero attached hydrogens (tertiary/aromatic N) is 1. The number of para-hydroxylation sites is 1. The molecule has 6 nitrogen and oxygen atoms in total. The molecule has 0 unspecified atom stereocenters. The van der Waals surface area contributed by atoms with Gasteiger partial charge in [0.15, 0.2) is 0 Å². The van der Waals surface area contributed by atoms with Crippen molar-refractivity contribution in [3.63, 3.8) is 0 Å². The molecule has 0 spiro atoms. The van der Waals surface area contributed by atoms with Crippen LogP contribution in [0.25, 0.3) is 0 Å². The number of hydrogen-bond donors (Lipinski definition) is 1. The van der Waals surface area contributed by atoms with E-state index >= 15 is 0 Å². The molecule has 31 heavy (non-hydrogen) atoms. The standard InChI is InChI=1S/C24H32N2O4S/c1-2-30-23-13-7-6-11-21(23)12-8-16-25-24(27)22-14-17-26(18-15-22)31(28,29)19-20-9-4-3-5-10-20/h3-7,9-11,13,22H,2,8,12,14-19H2,1H3,(H,25,27). The van der Waals surface area contributed by atoms with Crippen molar-refractivity contribution in [2.24, 2.45) is 5.92 Å². The average Bonchev–Trinajstić information content (AvgIpc) is 2.78. The Bertz CT molecular complexity index is 939. The molecular formula is C24H32N2O4S. The van der Waals surface area contributed by atoms with Gasteiger partial charge in [0.2, 0.25) is 15.9 Å². The highest BCUT2D eigenvalue weighted by atomic mass is 32.2. The number of nitrogens with one attached hydrogen (secondary N) is 1. The van der Waals surface area contributed by atoms with Gasteiger partial charge in [-0.25, -0.2) is 12.7 Å². The van der Waals surface area contributed by atoms with Crippen molar-refractivity contribution in [2.75, 3.05) is 26.2 Å². The molecule has 1 aliphatic rings. The van der Waals surface area contributed by atoms with Crippen LogP contribution in [0.4, 0.5) is 0 Å². The van der Waals surface area contributed by atoms with E-state index < -0.39 is 10.0 Å². The van der Waals surface area contributed by atoms with Crippen LogP contribution >= 0.6 is 0 Å². The number of amides is 1. The van der Waals surface area contributed by atoms with Gasteiger partial charge in [-0.05, 0) is 49.8 Å². The van der Waals surface area contributed by atoms with Crippen molar-refractivity contribution in [3.05, 3.63) is 65.7 Å². The van der Waals surface area contributed by atoms with E-state index in [1.165, 1.54) is 4.31 Å². The second-order valence-corrected chi connectivity index (χ2v) is 9.82. The predicted molar refractivity (Wildman–Crippen MR) is 122 cm³/mol. The van der Waals surface area contributed by atoms with E-state index in [1.54, 1.807) is 0 Å². The number of sulfonamides is 1. The average molecular weight is 445 g/mol. The Morgan fingerprint density at radius 1 is 1.06 bits per heavy atom. The van der Waals surface area contributed by atoms with Crippen LogP contribution in [0.3, 0.4) is 0 Å². The molecule has 0 atom stereocenters. The van der Waals surface area contributed by atoms with E-state index in [4.69, 9.17) is 4.74 Å². The number of aryl methyl sites for hydroxylation is 1. The first-order valence-electron chi connectivity index (χ1n) is 11.0. The molecule has 2 aromatic rings. The van der Waals surface area contributed by atoms with Gasteiger partial charge in [0.1, 0.15) is 5.75 Å². The first-order chi connectivity index (χ1) is 15.0. The zero-order valence-electron chi connectivity index (χ0n) is 18.1. The van der Waals surface area contributed by atoms with Crippen LogP contribution in [-0.2, 0) is 27.0 Å². The number of ether oxygens (including phenoxy) is 1. The number of carbonyl (C=O) groups excluding carboxylic acids is 1. The molecule has 0 bridgehead atoms. The van der Waals surface area contributed by atoms with E-state index in [0.29, 0.717) is 39.1 Å². The first kappa shape index (κ1) is 23.3. The van der Waals surface area contributed by atoms with Crippen LogP contribution in [0.15, 0.2) is 54.6 Å². The SMILES string of the molecule is CCOc1ccccc1CCCNC(=O)C1CCN(S(=O)(=O)Cc2ccccc2)CC1. The number of piperidine rings is 1. The van der Waals surface area contributed by atoms with Crippen molar-refractivity contribution in [1.29, 1.82) is 0 Å². The molecule has 1 N–H and O–H groups in total. The summed E-state index contributed by atoms with van der Waals surface area (Å²) in [6, 6.07) is 17.2. The largest absolute Gasteiger partial charge is 0.494 e. The summed E-state index contributed by atoms with van der Waals surface area (Å²) in [5.74, 6) is 0.811. The molecule has 7 heteroatoms. The predicted octanol–water partition coefficient (Wildman–Crippen LogP) is 3.38. The molecule has 0 aliphatic carbocycles. The zero-order valence-corrected chi connectivity index (χ0v) is 18.9. The van der Waals surface area contributed by atoms with E-state index in [9.17, 15) is 13.2 Å². The van der Waals surface area contributed by atoms with Gasteiger partial charge in [-0.1, -0.05) is 48.5 Å². The fourth-order valence-corrected chi connectivity index (χ4v) is 5.48. The van der Waals surface area contributed by atoms with Gasteiger partial charge in [0, 0.05) is 25.6 Å². The summed E-state index contributed by atoms with van der Waals surface area (Å²) in [5, 5.41) is 3.02. The monoisotopic (exact) mass is 444 g/mol. The smallest absolute Gasteiger partial charge is 0.223 e. The van der Waals surface area contributed by atoms with Crippen LogP contribution in [0.2, 0.25) is 0 Å². The van der Waals surface area contributed by atoms with Crippen molar-refractivity contribution in [3.8, 4) is 5.75 Å². The van der Waals surface area contributed by atoms with Crippen molar-refractivity contribution in [1.82, 2.24) is 9.62 Å². The quantitative estimate of drug-likeness (QED) is 0.570. The second kappa shape index (κ2) is 11.3. The molecule has 0 radical (unpaired) electrons. The molecule has 0 saturated carbocycles. The van der Waals surface area contributed by atoms with E-state index in [2.05, 4.69) is 11.4 Å². The molecular weight excluding hydrogens is 412 g/mol. The molecule has 2 aromatic carbocycles. The third kappa shape index (κ3) is 6.80. The lowest BCUT2D eigenvalue weighted by molar-refractivity contribution is -0.126. The minimum absolute atomic E-state index is 0.00786. The third-order valence-electron chi connectivity index (χ3n) is 5.60. The molecule has 0 aromatic heterocycles. The Hall–Kier alpha value is -2.38. The minimum Gasteiger partial charge on any atom is -0.494 e. The Morgan fingerprint density at radius 3 is 2.45 bits per heavy atom. The van der Waals surface area contributed by atoms with Crippen LogP contribution in [-0.4, -0.2) is 44.9 Å². The fraction of sp³-hybridized carbons (Fsp3) is 0.458. The van der Waals surface area contributed by atoms with Crippen LogP contribution in [0, 0.1) is 5.92 Å². The van der Waals surface area contributed by atoms with E-state index in [1.807, 2.05) is 55.5 Å². The van der Waals surface area contributed by atoms with Gasteiger partial charge in [-0.15, -0.1) is 0 Å². The summed E-state index contributed by atoms with van der Waals surface area (Å²) in [4.78, 5) is 12.5. The van der Waals surface area contributed by atoms with Gasteiger partial charge in [-0.2, -0.15) is 0 Å². The van der Waals surface area contributed by atoms with Crippen LogP contribution in [0.5, 0.6) is 5.75 Å². The van der Waals surface area contributed by atoms with Crippen LogP contribution in [0.1, 0.15) is 37.3 Å². The summed E-state index contributed by atoms with van der Waals surface area (Å²) in [6.45, 7) is 4.00. The maximum atomic E-state index is 12.7.